The van der Waals surface area contributed by atoms with Crippen molar-refractivity contribution in [2.24, 2.45) is 0 Å². The summed E-state index contributed by atoms with van der Waals surface area (Å²) in [6.07, 6.45) is 4.23. The van der Waals surface area contributed by atoms with Gasteiger partial charge < -0.3 is 4.98 Å². The van der Waals surface area contributed by atoms with Crippen LogP contribution >= 0.6 is 11.8 Å². The van der Waals surface area contributed by atoms with Gasteiger partial charge >= 0.3 is 0 Å². The molecule has 0 aliphatic heterocycles. The quantitative estimate of drug-likeness (QED) is 0.387. The van der Waals surface area contributed by atoms with Crippen molar-refractivity contribution >= 4 is 28.6 Å². The molecule has 0 spiro atoms. The van der Waals surface area contributed by atoms with E-state index in [1.54, 1.807) is 0 Å². The molecule has 0 saturated carbocycles. The molecule has 1 aliphatic rings. The maximum atomic E-state index is 13.2. The maximum Gasteiger partial charge on any atom is 0.252 e. The van der Waals surface area contributed by atoms with E-state index in [9.17, 15) is 9.59 Å². The van der Waals surface area contributed by atoms with Crippen molar-refractivity contribution in [3.8, 4) is 11.3 Å². The number of hydrogen-bond acceptors (Lipinski definition) is 4. The van der Waals surface area contributed by atoms with Gasteiger partial charge in [0, 0.05) is 22.7 Å². The first-order valence-electron chi connectivity index (χ1n) is 10.1. The first-order valence-corrected chi connectivity index (χ1v) is 11.1. The van der Waals surface area contributed by atoms with Crippen molar-refractivity contribution in [1.29, 1.82) is 0 Å². The number of H-pyrrole nitrogens is 1. The topological polar surface area (TPSA) is 67.8 Å². The lowest BCUT2D eigenvalue weighted by atomic mass is 9.96. The molecular weight excluding hydrogens is 394 g/mol. The van der Waals surface area contributed by atoms with Crippen molar-refractivity contribution in [2.75, 3.05) is 5.75 Å². The highest BCUT2D eigenvalue weighted by Gasteiger charge is 2.23. The van der Waals surface area contributed by atoms with Crippen LogP contribution in [0.5, 0.6) is 0 Å². The lowest BCUT2D eigenvalue weighted by molar-refractivity contribution is 0.0943. The molecule has 2 heterocycles. The number of carbonyl (C=O) groups excluding carboxylic acids is 1. The Morgan fingerprint density at radius 1 is 1.03 bits per heavy atom. The summed E-state index contributed by atoms with van der Waals surface area (Å²) in [6, 6.07) is 19.2. The van der Waals surface area contributed by atoms with Gasteiger partial charge in [-0.3, -0.25) is 14.2 Å². The number of rotatable bonds is 4. The van der Waals surface area contributed by atoms with Gasteiger partial charge in [0.25, 0.3) is 5.56 Å². The number of nitrogens with zero attached hydrogens (tertiary/aromatic N) is 2. The van der Waals surface area contributed by atoms with Gasteiger partial charge in [0.15, 0.2) is 5.16 Å². The van der Waals surface area contributed by atoms with E-state index in [-0.39, 0.29) is 17.2 Å². The first-order chi connectivity index (χ1) is 14.7. The Bertz CT molecular complexity index is 1290. The van der Waals surface area contributed by atoms with Crippen molar-refractivity contribution in [2.45, 2.75) is 30.8 Å². The molecule has 2 aromatic heterocycles. The number of para-hydroxylation sites is 1. The molecule has 0 bridgehead atoms. The second-order valence-electron chi connectivity index (χ2n) is 7.47. The average Bonchev–Trinajstić information content (AvgIpc) is 3.12. The minimum Gasteiger partial charge on any atom is -0.301 e. The van der Waals surface area contributed by atoms with Crippen LogP contribution in [0.2, 0.25) is 0 Å². The van der Waals surface area contributed by atoms with Gasteiger partial charge in [0.1, 0.15) is 0 Å². The average molecular weight is 416 g/mol. The van der Waals surface area contributed by atoms with E-state index in [4.69, 9.17) is 0 Å². The van der Waals surface area contributed by atoms with Crippen molar-refractivity contribution in [3.05, 3.63) is 82.3 Å². The first kappa shape index (κ1) is 18.9. The van der Waals surface area contributed by atoms with Crippen molar-refractivity contribution < 1.29 is 4.79 Å². The molecular formula is C24H21N3O2S. The predicted molar refractivity (Wildman–Crippen MR) is 120 cm³/mol. The molecule has 30 heavy (non-hydrogen) atoms. The number of aryl methyl sites for hydroxylation is 1. The number of hydrogen-bond donors (Lipinski definition) is 1. The summed E-state index contributed by atoms with van der Waals surface area (Å²) in [6.45, 7) is 0. The minimum atomic E-state index is -0.220. The molecule has 6 heteroatoms. The van der Waals surface area contributed by atoms with E-state index in [0.717, 1.165) is 36.0 Å². The Labute approximate surface area is 178 Å². The summed E-state index contributed by atoms with van der Waals surface area (Å²) in [5, 5.41) is 1.64. The molecule has 2 aromatic carbocycles. The molecule has 1 N–H and O–H groups in total. The molecule has 0 radical (unpaired) electrons. The Kier molecular flexibility index (Phi) is 5.01. The predicted octanol–water partition coefficient (Wildman–Crippen LogP) is 4.70. The minimum absolute atomic E-state index is 0.0205. The van der Waals surface area contributed by atoms with E-state index < -0.39 is 0 Å². The third-order valence-corrected chi connectivity index (χ3v) is 6.41. The molecule has 0 fully saturated rings. The van der Waals surface area contributed by atoms with Crippen LogP contribution in [-0.2, 0) is 12.8 Å². The summed E-state index contributed by atoms with van der Waals surface area (Å²) < 4.78 is 1.88. The second-order valence-corrected chi connectivity index (χ2v) is 8.43. The Morgan fingerprint density at radius 3 is 2.67 bits per heavy atom. The number of aromatic amines is 1. The van der Waals surface area contributed by atoms with E-state index in [1.165, 1.54) is 35.2 Å². The summed E-state index contributed by atoms with van der Waals surface area (Å²) in [5.41, 5.74) is 4.71. The molecule has 0 atom stereocenters. The van der Waals surface area contributed by atoms with E-state index in [2.05, 4.69) is 16.0 Å². The molecule has 1 aliphatic carbocycles. The van der Waals surface area contributed by atoms with Crippen LogP contribution in [0.3, 0.4) is 0 Å². The van der Waals surface area contributed by atoms with E-state index >= 15 is 0 Å². The van der Waals surface area contributed by atoms with Gasteiger partial charge in [-0.2, -0.15) is 0 Å². The van der Waals surface area contributed by atoms with Crippen LogP contribution in [0.1, 0.15) is 28.9 Å². The van der Waals surface area contributed by atoms with Crippen molar-refractivity contribution in [1.82, 2.24) is 14.5 Å². The molecule has 0 unspecified atom stereocenters. The lowest BCUT2D eigenvalue weighted by Gasteiger charge is -2.15. The largest absolute Gasteiger partial charge is 0.301 e. The SMILES string of the molecule is O=C(CSc1nc(-c2ccccc2)cc(=O)[nH]1)n1c2c(c3ccccc31)CCCC2. The molecule has 0 amide bonds. The highest BCUT2D eigenvalue weighted by molar-refractivity contribution is 7.99. The normalized spacial score (nSPS) is 13.3. The number of benzene rings is 2. The van der Waals surface area contributed by atoms with Crippen molar-refractivity contribution in [3.63, 3.8) is 0 Å². The Morgan fingerprint density at radius 2 is 1.80 bits per heavy atom. The fourth-order valence-electron chi connectivity index (χ4n) is 4.24. The van der Waals surface area contributed by atoms with Gasteiger partial charge in [-0.25, -0.2) is 4.98 Å². The van der Waals surface area contributed by atoms with Crippen LogP contribution in [0.25, 0.3) is 22.2 Å². The Hall–Kier alpha value is -3.12. The third kappa shape index (κ3) is 3.48. The summed E-state index contributed by atoms with van der Waals surface area (Å²) >= 11 is 1.27. The monoisotopic (exact) mass is 415 g/mol. The van der Waals surface area contributed by atoms with Gasteiger partial charge in [-0.1, -0.05) is 60.3 Å². The highest BCUT2D eigenvalue weighted by Crippen LogP contribution is 2.32. The number of thioether (sulfide) groups is 1. The fourth-order valence-corrected chi connectivity index (χ4v) is 4.96. The number of aromatic nitrogens is 3. The zero-order valence-corrected chi connectivity index (χ0v) is 17.2. The van der Waals surface area contributed by atoms with E-state index in [1.807, 2.05) is 53.1 Å². The van der Waals surface area contributed by atoms with Gasteiger partial charge in [0.2, 0.25) is 5.91 Å². The van der Waals surface area contributed by atoms with Crippen LogP contribution in [0.4, 0.5) is 0 Å². The van der Waals surface area contributed by atoms with Gasteiger partial charge in [-0.05, 0) is 37.3 Å². The maximum absolute atomic E-state index is 13.2. The zero-order valence-electron chi connectivity index (χ0n) is 16.4. The summed E-state index contributed by atoms with van der Waals surface area (Å²) in [4.78, 5) is 32.7. The number of carbonyl (C=O) groups is 1. The van der Waals surface area contributed by atoms with Crippen LogP contribution in [-0.4, -0.2) is 26.2 Å². The molecule has 4 aromatic rings. The number of fused-ring (bicyclic) bond motifs is 3. The third-order valence-electron chi connectivity index (χ3n) is 5.55. The molecule has 5 nitrogen and oxygen atoms in total. The van der Waals surface area contributed by atoms with Gasteiger partial charge in [-0.15, -0.1) is 0 Å². The zero-order chi connectivity index (χ0) is 20.5. The highest BCUT2D eigenvalue weighted by atomic mass is 32.2. The second kappa shape index (κ2) is 7.95. The number of nitrogens with one attached hydrogen (secondary N) is 1. The molecule has 0 saturated heterocycles. The van der Waals surface area contributed by atoms with Gasteiger partial charge in [0.05, 0.1) is 17.0 Å². The lowest BCUT2D eigenvalue weighted by Crippen LogP contribution is -2.18. The van der Waals surface area contributed by atoms with Crippen LogP contribution < -0.4 is 5.56 Å². The van der Waals surface area contributed by atoms with E-state index in [0.29, 0.717) is 10.9 Å². The van der Waals surface area contributed by atoms with Crippen LogP contribution in [0.15, 0.2) is 70.6 Å². The summed E-state index contributed by atoms with van der Waals surface area (Å²) in [7, 11) is 0. The smallest absolute Gasteiger partial charge is 0.252 e. The van der Waals surface area contributed by atoms with Crippen LogP contribution in [0, 0.1) is 0 Å². The fraction of sp³-hybridized carbons (Fsp3) is 0.208. The Balaban J connectivity index is 1.44. The standard InChI is InChI=1S/C24H21N3O2S/c28-22-14-19(16-8-2-1-3-9-16)25-24(26-22)30-15-23(29)27-20-12-6-4-10-17(20)18-11-5-7-13-21(18)27/h1-4,6,8-10,12,14H,5,7,11,13,15H2,(H,25,26,28). The molecule has 150 valence electrons. The molecule has 5 rings (SSSR count). The summed E-state index contributed by atoms with van der Waals surface area (Å²) in [5.74, 6) is 0.235.